The molecule has 120 valence electrons. The lowest BCUT2D eigenvalue weighted by Gasteiger charge is -2.51. The van der Waals surface area contributed by atoms with Gasteiger partial charge in [-0.25, -0.2) is 8.78 Å². The van der Waals surface area contributed by atoms with Gasteiger partial charge in [0, 0.05) is 6.04 Å². The van der Waals surface area contributed by atoms with Crippen LogP contribution in [-0.2, 0) is 0 Å². The van der Waals surface area contributed by atoms with Crippen molar-refractivity contribution in [2.24, 2.45) is 0 Å². The number of halogens is 2. The van der Waals surface area contributed by atoms with E-state index in [2.05, 4.69) is 5.32 Å². The van der Waals surface area contributed by atoms with E-state index in [-0.39, 0.29) is 30.3 Å². The van der Waals surface area contributed by atoms with E-state index >= 15 is 0 Å². The summed E-state index contributed by atoms with van der Waals surface area (Å²) < 4.78 is 27.5. The van der Waals surface area contributed by atoms with Crippen molar-refractivity contribution < 1.29 is 18.7 Å². The van der Waals surface area contributed by atoms with Crippen LogP contribution in [0.25, 0.3) is 0 Å². The van der Waals surface area contributed by atoms with Gasteiger partial charge in [0.1, 0.15) is 5.60 Å². The number of aliphatic hydroxyl groups is 1. The first-order chi connectivity index (χ1) is 10.4. The minimum atomic E-state index is -1.11. The Hall–Kier alpha value is -1.53. The number of nitrogens with zero attached hydrogens (tertiary/aromatic N) is 1. The molecule has 1 amide bonds. The Morgan fingerprint density at radius 2 is 2.05 bits per heavy atom. The number of benzene rings is 1. The van der Waals surface area contributed by atoms with Gasteiger partial charge in [0.15, 0.2) is 11.6 Å². The predicted octanol–water partition coefficient (Wildman–Crippen LogP) is 1.60. The minimum Gasteiger partial charge on any atom is -0.385 e. The maximum atomic E-state index is 13.9. The second-order valence-electron chi connectivity index (χ2n) is 6.33. The van der Waals surface area contributed by atoms with Crippen molar-refractivity contribution in [2.75, 3.05) is 19.6 Å². The Bertz CT molecular complexity index is 594. The van der Waals surface area contributed by atoms with Crippen LogP contribution in [0, 0.1) is 18.6 Å². The van der Waals surface area contributed by atoms with Crippen LogP contribution < -0.4 is 5.32 Å². The number of aryl methyl sites for hydroxylation is 1. The van der Waals surface area contributed by atoms with Crippen LogP contribution in [0.3, 0.4) is 0 Å². The maximum absolute atomic E-state index is 13.9. The van der Waals surface area contributed by atoms with Crippen LogP contribution in [0.15, 0.2) is 12.1 Å². The highest BCUT2D eigenvalue weighted by molar-refractivity contribution is 5.95. The summed E-state index contributed by atoms with van der Waals surface area (Å²) in [5.74, 6) is -2.68. The van der Waals surface area contributed by atoms with Crippen molar-refractivity contribution in [2.45, 2.75) is 37.8 Å². The monoisotopic (exact) mass is 310 g/mol. The topological polar surface area (TPSA) is 52.6 Å². The van der Waals surface area contributed by atoms with Gasteiger partial charge in [-0.3, -0.25) is 4.79 Å². The summed E-state index contributed by atoms with van der Waals surface area (Å²) in [4.78, 5) is 13.6. The Morgan fingerprint density at radius 3 is 2.68 bits per heavy atom. The molecule has 0 saturated carbocycles. The number of piperidine rings is 1. The van der Waals surface area contributed by atoms with E-state index in [9.17, 15) is 18.7 Å². The van der Waals surface area contributed by atoms with Crippen molar-refractivity contribution in [3.8, 4) is 0 Å². The largest absolute Gasteiger partial charge is 0.385 e. The lowest BCUT2D eigenvalue weighted by molar-refractivity contribution is -0.108. The van der Waals surface area contributed by atoms with Gasteiger partial charge in [0.05, 0.1) is 18.7 Å². The van der Waals surface area contributed by atoms with Crippen molar-refractivity contribution in [1.29, 1.82) is 0 Å². The third kappa shape index (κ3) is 2.50. The molecule has 0 bridgehead atoms. The molecule has 22 heavy (non-hydrogen) atoms. The van der Waals surface area contributed by atoms with Gasteiger partial charge in [-0.05, 0) is 37.9 Å². The molecule has 2 aliphatic heterocycles. The van der Waals surface area contributed by atoms with E-state index in [0.717, 1.165) is 25.8 Å². The quantitative estimate of drug-likeness (QED) is 0.872. The molecule has 1 aromatic carbocycles. The number of carbonyl (C=O) groups excluding carboxylic acids is 1. The summed E-state index contributed by atoms with van der Waals surface area (Å²) in [6.45, 7) is 2.61. The molecule has 2 fully saturated rings. The Morgan fingerprint density at radius 1 is 1.32 bits per heavy atom. The van der Waals surface area contributed by atoms with Crippen molar-refractivity contribution in [3.05, 3.63) is 34.9 Å². The summed E-state index contributed by atoms with van der Waals surface area (Å²) >= 11 is 0. The molecule has 1 aromatic rings. The van der Waals surface area contributed by atoms with Gasteiger partial charge < -0.3 is 15.3 Å². The van der Waals surface area contributed by atoms with Gasteiger partial charge in [0.2, 0.25) is 0 Å². The number of hydrogen-bond acceptors (Lipinski definition) is 3. The SMILES string of the molecule is Cc1ccc(C(=O)N2CC(O)([C@@H]3CCCCN3)C2)c(F)c1F. The maximum Gasteiger partial charge on any atom is 0.257 e. The Kier molecular flexibility index (Phi) is 3.91. The molecule has 0 radical (unpaired) electrons. The van der Waals surface area contributed by atoms with Crippen LogP contribution in [0.2, 0.25) is 0 Å². The van der Waals surface area contributed by atoms with Crippen molar-refractivity contribution in [3.63, 3.8) is 0 Å². The summed E-state index contributed by atoms with van der Waals surface area (Å²) in [6, 6.07) is 2.65. The second kappa shape index (κ2) is 5.59. The molecule has 2 aliphatic rings. The van der Waals surface area contributed by atoms with E-state index in [1.165, 1.54) is 24.0 Å². The molecule has 0 spiro atoms. The van der Waals surface area contributed by atoms with E-state index in [4.69, 9.17) is 0 Å². The van der Waals surface area contributed by atoms with Crippen molar-refractivity contribution in [1.82, 2.24) is 10.2 Å². The first-order valence-corrected chi connectivity index (χ1v) is 7.62. The van der Waals surface area contributed by atoms with Crippen LogP contribution in [0.1, 0.15) is 35.2 Å². The van der Waals surface area contributed by atoms with Crippen LogP contribution in [0.5, 0.6) is 0 Å². The summed E-state index contributed by atoms with van der Waals surface area (Å²) in [5, 5.41) is 13.8. The standard InChI is InChI=1S/C16H20F2N2O2/c1-10-5-6-11(14(18)13(10)17)15(21)20-8-16(22,9-20)12-4-2-3-7-19-12/h5-6,12,19,22H,2-4,7-9H2,1H3/t12-/m0/s1. The molecule has 0 aromatic heterocycles. The number of amides is 1. The molecular formula is C16H20F2N2O2. The lowest BCUT2D eigenvalue weighted by atomic mass is 9.81. The third-order valence-corrected chi connectivity index (χ3v) is 4.68. The van der Waals surface area contributed by atoms with Crippen molar-refractivity contribution >= 4 is 5.91 Å². The number of hydrogen-bond donors (Lipinski definition) is 2. The van der Waals surface area contributed by atoms with E-state index < -0.39 is 23.1 Å². The molecular weight excluding hydrogens is 290 g/mol. The Balaban J connectivity index is 1.70. The molecule has 2 heterocycles. The highest BCUT2D eigenvalue weighted by Crippen LogP contribution is 2.31. The van der Waals surface area contributed by atoms with Gasteiger partial charge in [-0.2, -0.15) is 0 Å². The molecule has 2 saturated heterocycles. The number of nitrogens with one attached hydrogen (secondary N) is 1. The number of carbonyl (C=O) groups is 1. The first kappa shape index (κ1) is 15.4. The molecule has 2 N–H and O–H groups in total. The number of rotatable bonds is 2. The normalized spacial score (nSPS) is 24.0. The highest BCUT2D eigenvalue weighted by atomic mass is 19.2. The first-order valence-electron chi connectivity index (χ1n) is 7.62. The van der Waals surface area contributed by atoms with Crippen LogP contribution >= 0.6 is 0 Å². The van der Waals surface area contributed by atoms with E-state index in [1.54, 1.807) is 0 Å². The zero-order valence-electron chi connectivity index (χ0n) is 12.5. The zero-order chi connectivity index (χ0) is 15.9. The van der Waals surface area contributed by atoms with Gasteiger partial charge in [-0.15, -0.1) is 0 Å². The zero-order valence-corrected chi connectivity index (χ0v) is 12.5. The van der Waals surface area contributed by atoms with E-state index in [0.29, 0.717) is 0 Å². The summed E-state index contributed by atoms with van der Waals surface area (Å²) in [6.07, 6.45) is 3.00. The van der Waals surface area contributed by atoms with Gasteiger partial charge in [-0.1, -0.05) is 12.5 Å². The Labute approximate surface area is 128 Å². The second-order valence-corrected chi connectivity index (χ2v) is 6.33. The molecule has 3 rings (SSSR count). The fourth-order valence-corrected chi connectivity index (χ4v) is 3.27. The molecule has 4 nitrogen and oxygen atoms in total. The van der Waals surface area contributed by atoms with Crippen LogP contribution in [-0.4, -0.2) is 47.2 Å². The summed E-state index contributed by atoms with van der Waals surface area (Å²) in [7, 11) is 0. The molecule has 0 aliphatic carbocycles. The fraction of sp³-hybridized carbons (Fsp3) is 0.562. The van der Waals surface area contributed by atoms with E-state index in [1.807, 2.05) is 0 Å². The number of likely N-dealkylation sites (tertiary alicyclic amines) is 1. The average Bonchev–Trinajstić information content (AvgIpc) is 2.50. The van der Waals surface area contributed by atoms with Gasteiger partial charge in [0.25, 0.3) is 5.91 Å². The van der Waals surface area contributed by atoms with Crippen LogP contribution in [0.4, 0.5) is 8.78 Å². The third-order valence-electron chi connectivity index (χ3n) is 4.68. The fourth-order valence-electron chi connectivity index (χ4n) is 3.27. The predicted molar refractivity (Wildman–Crippen MR) is 77.6 cm³/mol. The average molecular weight is 310 g/mol. The highest BCUT2D eigenvalue weighted by Gasteiger charge is 2.49. The smallest absolute Gasteiger partial charge is 0.257 e. The van der Waals surface area contributed by atoms with Gasteiger partial charge >= 0.3 is 0 Å². The molecule has 0 unspecified atom stereocenters. The lowest BCUT2D eigenvalue weighted by Crippen LogP contribution is -2.72. The molecule has 1 atom stereocenters. The number of β-amino-alcohol motifs (C(OH)–C–C–N with tert-alkyl or cyclic N) is 1. The summed E-state index contributed by atoms with van der Waals surface area (Å²) in [5.41, 5.74) is -1.07. The molecule has 6 heteroatoms. The minimum absolute atomic E-state index is 0.0371.